The van der Waals surface area contributed by atoms with Gasteiger partial charge in [0.2, 0.25) is 10.0 Å². The number of benzene rings is 1. The minimum Gasteiger partial charge on any atom is -0.489 e. The lowest BCUT2D eigenvalue weighted by Crippen LogP contribution is -2.29. The van der Waals surface area contributed by atoms with Crippen LogP contribution in [0.2, 0.25) is 0 Å². The highest BCUT2D eigenvalue weighted by Crippen LogP contribution is 2.32. The zero-order chi connectivity index (χ0) is 14.6. The summed E-state index contributed by atoms with van der Waals surface area (Å²) in [7, 11) is -3.51. The molecule has 6 heteroatoms. The molecule has 0 aliphatic heterocycles. The highest BCUT2D eigenvalue weighted by molar-refractivity contribution is 7.89. The summed E-state index contributed by atoms with van der Waals surface area (Å²) in [6, 6.07) is 6.76. The summed E-state index contributed by atoms with van der Waals surface area (Å²) in [6.07, 6.45) is 3.06. The van der Waals surface area contributed by atoms with Gasteiger partial charge in [0.25, 0.3) is 0 Å². The SMILES string of the molecule is CCNS(=O)(=O)c1ccccc1OC1CCCC1CN. The first-order valence-electron chi connectivity index (χ1n) is 7.04. The quantitative estimate of drug-likeness (QED) is 0.833. The third-order valence-corrected chi connectivity index (χ3v) is 5.23. The van der Waals surface area contributed by atoms with Crippen LogP contribution >= 0.6 is 0 Å². The lowest BCUT2D eigenvalue weighted by molar-refractivity contribution is 0.158. The average molecular weight is 298 g/mol. The molecule has 0 bridgehead atoms. The molecule has 2 atom stereocenters. The number of ether oxygens (including phenoxy) is 1. The van der Waals surface area contributed by atoms with Gasteiger partial charge in [0.05, 0.1) is 0 Å². The fraction of sp³-hybridized carbons (Fsp3) is 0.571. The smallest absolute Gasteiger partial charge is 0.244 e. The molecular formula is C14H22N2O3S. The van der Waals surface area contributed by atoms with Gasteiger partial charge >= 0.3 is 0 Å². The summed E-state index contributed by atoms with van der Waals surface area (Å²) in [4.78, 5) is 0.199. The normalized spacial score (nSPS) is 22.9. The van der Waals surface area contributed by atoms with Crippen molar-refractivity contribution in [2.75, 3.05) is 13.1 Å². The van der Waals surface area contributed by atoms with Crippen LogP contribution in [0.4, 0.5) is 0 Å². The van der Waals surface area contributed by atoms with Crippen LogP contribution in [0.25, 0.3) is 0 Å². The van der Waals surface area contributed by atoms with Gasteiger partial charge in [-0.05, 0) is 37.9 Å². The molecule has 1 aliphatic carbocycles. The Labute approximate surface area is 120 Å². The van der Waals surface area contributed by atoms with E-state index in [2.05, 4.69) is 4.72 Å². The number of rotatable bonds is 6. The fourth-order valence-corrected chi connectivity index (χ4v) is 3.80. The molecule has 3 N–H and O–H groups in total. The molecule has 0 spiro atoms. The van der Waals surface area contributed by atoms with Crippen LogP contribution in [0, 0.1) is 5.92 Å². The Morgan fingerprint density at radius 2 is 2.10 bits per heavy atom. The first-order chi connectivity index (χ1) is 9.58. The molecule has 5 nitrogen and oxygen atoms in total. The zero-order valence-electron chi connectivity index (χ0n) is 11.7. The van der Waals surface area contributed by atoms with Crippen LogP contribution in [0.5, 0.6) is 5.75 Å². The zero-order valence-corrected chi connectivity index (χ0v) is 12.5. The molecule has 1 fully saturated rings. The van der Waals surface area contributed by atoms with E-state index in [4.69, 9.17) is 10.5 Å². The van der Waals surface area contributed by atoms with Crippen molar-refractivity contribution in [3.05, 3.63) is 24.3 Å². The van der Waals surface area contributed by atoms with Gasteiger partial charge in [0.1, 0.15) is 16.7 Å². The maximum absolute atomic E-state index is 12.2. The molecule has 0 aromatic heterocycles. The van der Waals surface area contributed by atoms with Crippen LogP contribution in [0.3, 0.4) is 0 Å². The minimum atomic E-state index is -3.51. The van der Waals surface area contributed by atoms with Gasteiger partial charge in [0, 0.05) is 12.5 Å². The number of hydrogen-bond acceptors (Lipinski definition) is 4. The Hall–Kier alpha value is -1.11. The molecule has 2 unspecified atom stereocenters. The van der Waals surface area contributed by atoms with Crippen LogP contribution in [-0.2, 0) is 10.0 Å². The summed E-state index contributed by atoms with van der Waals surface area (Å²) >= 11 is 0. The van der Waals surface area contributed by atoms with E-state index in [1.165, 1.54) is 0 Å². The van der Waals surface area contributed by atoms with Crippen molar-refractivity contribution in [2.45, 2.75) is 37.2 Å². The second kappa shape index (κ2) is 6.56. The number of nitrogens with one attached hydrogen (secondary N) is 1. The monoisotopic (exact) mass is 298 g/mol. The predicted octanol–water partition coefficient (Wildman–Crippen LogP) is 1.49. The van der Waals surface area contributed by atoms with Crippen LogP contribution in [-0.4, -0.2) is 27.6 Å². The number of para-hydroxylation sites is 1. The van der Waals surface area contributed by atoms with Gasteiger partial charge in [-0.15, -0.1) is 0 Å². The highest BCUT2D eigenvalue weighted by Gasteiger charge is 2.29. The van der Waals surface area contributed by atoms with Crippen LogP contribution in [0.15, 0.2) is 29.2 Å². The van der Waals surface area contributed by atoms with E-state index in [9.17, 15) is 8.42 Å². The van der Waals surface area contributed by atoms with E-state index in [0.29, 0.717) is 24.8 Å². The largest absolute Gasteiger partial charge is 0.489 e. The summed E-state index contributed by atoms with van der Waals surface area (Å²) in [5.74, 6) is 0.726. The van der Waals surface area contributed by atoms with E-state index in [0.717, 1.165) is 19.3 Å². The summed E-state index contributed by atoms with van der Waals surface area (Å²) < 4.78 is 32.8. The van der Waals surface area contributed by atoms with E-state index in [-0.39, 0.29) is 11.0 Å². The average Bonchev–Trinajstić information content (AvgIpc) is 2.86. The van der Waals surface area contributed by atoms with Crippen molar-refractivity contribution in [2.24, 2.45) is 11.7 Å². The van der Waals surface area contributed by atoms with Crippen molar-refractivity contribution in [3.63, 3.8) is 0 Å². The molecule has 112 valence electrons. The summed E-state index contributed by atoms with van der Waals surface area (Å²) in [6.45, 7) is 2.68. The molecule has 1 aliphatic rings. The molecule has 0 amide bonds. The van der Waals surface area contributed by atoms with Gasteiger partial charge in [-0.25, -0.2) is 13.1 Å². The maximum Gasteiger partial charge on any atom is 0.244 e. The molecular weight excluding hydrogens is 276 g/mol. The molecule has 0 saturated heterocycles. The third kappa shape index (κ3) is 3.31. The van der Waals surface area contributed by atoms with Crippen molar-refractivity contribution in [3.8, 4) is 5.75 Å². The molecule has 1 aromatic rings. The topological polar surface area (TPSA) is 81.4 Å². The Morgan fingerprint density at radius 3 is 2.80 bits per heavy atom. The van der Waals surface area contributed by atoms with Crippen molar-refractivity contribution < 1.29 is 13.2 Å². The second-order valence-electron chi connectivity index (χ2n) is 5.03. The Balaban J connectivity index is 2.24. The van der Waals surface area contributed by atoms with E-state index >= 15 is 0 Å². The molecule has 2 rings (SSSR count). The van der Waals surface area contributed by atoms with Gasteiger partial charge in [-0.1, -0.05) is 19.1 Å². The molecule has 1 saturated carbocycles. The first kappa shape index (κ1) is 15.3. The van der Waals surface area contributed by atoms with Gasteiger partial charge in [-0.2, -0.15) is 0 Å². The summed E-state index contributed by atoms with van der Waals surface area (Å²) in [5.41, 5.74) is 5.74. The fourth-order valence-electron chi connectivity index (χ4n) is 2.63. The standard InChI is InChI=1S/C14H22N2O3S/c1-2-16-20(17,18)14-9-4-3-7-13(14)19-12-8-5-6-11(12)10-15/h3-4,7,9,11-12,16H,2,5-6,8,10,15H2,1H3. The molecule has 20 heavy (non-hydrogen) atoms. The van der Waals surface area contributed by atoms with Crippen LogP contribution < -0.4 is 15.2 Å². The van der Waals surface area contributed by atoms with Crippen molar-refractivity contribution in [1.29, 1.82) is 0 Å². The summed E-state index contributed by atoms with van der Waals surface area (Å²) in [5, 5.41) is 0. The van der Waals surface area contributed by atoms with Gasteiger partial charge in [-0.3, -0.25) is 0 Å². The lowest BCUT2D eigenvalue weighted by Gasteiger charge is -2.21. The Kier molecular flexibility index (Phi) is 5.01. The molecule has 0 radical (unpaired) electrons. The number of hydrogen-bond donors (Lipinski definition) is 2. The predicted molar refractivity (Wildman–Crippen MR) is 78.1 cm³/mol. The first-order valence-corrected chi connectivity index (χ1v) is 8.52. The van der Waals surface area contributed by atoms with Gasteiger partial charge in [0.15, 0.2) is 0 Å². The third-order valence-electron chi connectivity index (χ3n) is 3.64. The second-order valence-corrected chi connectivity index (χ2v) is 6.77. The number of sulfonamides is 1. The number of nitrogens with two attached hydrogens (primary N) is 1. The van der Waals surface area contributed by atoms with Crippen molar-refractivity contribution in [1.82, 2.24) is 4.72 Å². The van der Waals surface area contributed by atoms with E-state index < -0.39 is 10.0 Å². The highest BCUT2D eigenvalue weighted by atomic mass is 32.2. The maximum atomic E-state index is 12.2. The van der Waals surface area contributed by atoms with Gasteiger partial charge < -0.3 is 10.5 Å². The van der Waals surface area contributed by atoms with E-state index in [1.807, 2.05) is 0 Å². The van der Waals surface area contributed by atoms with Crippen molar-refractivity contribution >= 4 is 10.0 Å². The van der Waals surface area contributed by atoms with E-state index in [1.54, 1.807) is 31.2 Å². The lowest BCUT2D eigenvalue weighted by atomic mass is 10.1. The van der Waals surface area contributed by atoms with Crippen LogP contribution in [0.1, 0.15) is 26.2 Å². The minimum absolute atomic E-state index is 0.0120. The Bertz CT molecular complexity index is 545. The molecule has 1 aromatic carbocycles. The molecule has 0 heterocycles. The Morgan fingerprint density at radius 1 is 1.35 bits per heavy atom.